The zero-order valence-corrected chi connectivity index (χ0v) is 23.2. The third-order valence-corrected chi connectivity index (χ3v) is 10.2. The Morgan fingerprint density at radius 2 is 1.38 bits per heavy atom. The minimum Gasteiger partial charge on any atom is -0.349 e. The number of rotatable bonds is 6. The highest BCUT2D eigenvalue weighted by atomic mass is 16.2. The third kappa shape index (κ3) is 5.21. The first-order chi connectivity index (χ1) is 19.6. The molecule has 208 valence electrons. The van der Waals surface area contributed by atoms with Crippen LogP contribution in [0.4, 0.5) is 5.69 Å². The molecule has 3 N–H and O–H groups in total. The summed E-state index contributed by atoms with van der Waals surface area (Å²) in [7, 11) is 0. The molecule has 0 atom stereocenters. The SMILES string of the molecule is O=C(NC1C2CC3CC(C2)CC1C3)c1ccc(-c2cnc(-c3ccc(NC(=O)C4CCCCCC4)cc3)[nH]2)cc1. The van der Waals surface area contributed by atoms with Crippen molar-refractivity contribution in [2.75, 3.05) is 5.32 Å². The van der Waals surface area contributed by atoms with Gasteiger partial charge in [-0.1, -0.05) is 37.8 Å². The number of hydrogen-bond acceptors (Lipinski definition) is 3. The van der Waals surface area contributed by atoms with Crippen LogP contribution in [-0.2, 0) is 4.79 Å². The Bertz CT molecular complexity index is 1320. The molecule has 5 aliphatic carbocycles. The van der Waals surface area contributed by atoms with E-state index in [0.717, 1.165) is 71.4 Å². The van der Waals surface area contributed by atoms with Crippen molar-refractivity contribution in [3.05, 3.63) is 60.3 Å². The van der Waals surface area contributed by atoms with E-state index in [1.807, 2.05) is 54.7 Å². The zero-order chi connectivity index (χ0) is 27.1. The molecular weight excluding hydrogens is 496 g/mol. The molecule has 3 aromatic rings. The third-order valence-electron chi connectivity index (χ3n) is 10.2. The first-order valence-corrected chi connectivity index (χ1v) is 15.5. The van der Waals surface area contributed by atoms with Crippen LogP contribution in [0.3, 0.4) is 0 Å². The van der Waals surface area contributed by atoms with Crippen molar-refractivity contribution in [1.82, 2.24) is 15.3 Å². The Morgan fingerprint density at radius 3 is 2.02 bits per heavy atom. The van der Waals surface area contributed by atoms with E-state index in [9.17, 15) is 9.59 Å². The minimum atomic E-state index is 0.0561. The van der Waals surface area contributed by atoms with Crippen molar-refractivity contribution in [2.45, 2.75) is 76.7 Å². The van der Waals surface area contributed by atoms with Gasteiger partial charge in [0.25, 0.3) is 5.91 Å². The Hall–Kier alpha value is -3.41. The van der Waals surface area contributed by atoms with Crippen molar-refractivity contribution in [2.24, 2.45) is 29.6 Å². The van der Waals surface area contributed by atoms with Crippen LogP contribution in [0.1, 0.15) is 81.0 Å². The molecule has 2 aromatic carbocycles. The molecule has 1 heterocycles. The molecule has 1 aromatic heterocycles. The topological polar surface area (TPSA) is 86.9 Å². The molecule has 5 saturated carbocycles. The van der Waals surface area contributed by atoms with Gasteiger partial charge in [-0.25, -0.2) is 4.98 Å². The average molecular weight is 537 g/mol. The number of benzene rings is 2. The van der Waals surface area contributed by atoms with Gasteiger partial charge < -0.3 is 15.6 Å². The maximum Gasteiger partial charge on any atom is 0.251 e. The quantitative estimate of drug-likeness (QED) is 0.291. The van der Waals surface area contributed by atoms with E-state index in [2.05, 4.69) is 20.6 Å². The van der Waals surface area contributed by atoms with Crippen LogP contribution in [-0.4, -0.2) is 27.8 Å². The second kappa shape index (κ2) is 10.9. The largest absolute Gasteiger partial charge is 0.349 e. The van der Waals surface area contributed by atoms with Gasteiger partial charge >= 0.3 is 0 Å². The molecule has 5 fully saturated rings. The van der Waals surface area contributed by atoms with Gasteiger partial charge in [0.15, 0.2) is 0 Å². The molecule has 2 amide bonds. The van der Waals surface area contributed by atoms with Crippen molar-refractivity contribution < 1.29 is 9.59 Å². The Balaban J connectivity index is 0.970. The fourth-order valence-electron chi connectivity index (χ4n) is 8.31. The molecule has 4 bridgehead atoms. The van der Waals surface area contributed by atoms with Crippen LogP contribution >= 0.6 is 0 Å². The van der Waals surface area contributed by atoms with E-state index in [0.29, 0.717) is 17.9 Å². The highest BCUT2D eigenvalue weighted by molar-refractivity contribution is 5.95. The first kappa shape index (κ1) is 25.6. The summed E-state index contributed by atoms with van der Waals surface area (Å²) < 4.78 is 0. The fraction of sp³-hybridized carbons (Fsp3) is 0.500. The van der Waals surface area contributed by atoms with Crippen LogP contribution in [0.5, 0.6) is 0 Å². The number of aromatic nitrogens is 2. The van der Waals surface area contributed by atoms with Gasteiger partial charge in [-0.05, 0) is 111 Å². The van der Waals surface area contributed by atoms with Gasteiger partial charge in [0, 0.05) is 28.8 Å². The van der Waals surface area contributed by atoms with Crippen molar-refractivity contribution in [3.63, 3.8) is 0 Å². The molecule has 8 rings (SSSR count). The summed E-state index contributed by atoms with van der Waals surface area (Å²) in [5, 5.41) is 6.52. The second-order valence-corrected chi connectivity index (χ2v) is 12.9. The smallest absolute Gasteiger partial charge is 0.251 e. The summed E-state index contributed by atoms with van der Waals surface area (Å²) in [5.74, 6) is 4.27. The van der Waals surface area contributed by atoms with E-state index in [-0.39, 0.29) is 17.7 Å². The van der Waals surface area contributed by atoms with Crippen LogP contribution in [0, 0.1) is 29.6 Å². The summed E-state index contributed by atoms with van der Waals surface area (Å²) in [6.07, 6.45) is 15.2. The van der Waals surface area contributed by atoms with Gasteiger partial charge in [-0.3, -0.25) is 9.59 Å². The number of imidazole rings is 1. The zero-order valence-electron chi connectivity index (χ0n) is 23.2. The second-order valence-electron chi connectivity index (χ2n) is 12.9. The van der Waals surface area contributed by atoms with E-state index < -0.39 is 0 Å². The van der Waals surface area contributed by atoms with Crippen molar-refractivity contribution in [3.8, 4) is 22.6 Å². The summed E-state index contributed by atoms with van der Waals surface area (Å²) in [6, 6.07) is 16.1. The lowest BCUT2D eigenvalue weighted by Gasteiger charge is -2.54. The maximum absolute atomic E-state index is 13.1. The van der Waals surface area contributed by atoms with Crippen molar-refractivity contribution in [1.29, 1.82) is 0 Å². The molecule has 6 heteroatoms. The number of H-pyrrole nitrogens is 1. The highest BCUT2D eigenvalue weighted by Crippen LogP contribution is 2.53. The minimum absolute atomic E-state index is 0.0561. The van der Waals surface area contributed by atoms with Crippen LogP contribution in [0.2, 0.25) is 0 Å². The predicted molar refractivity (Wildman–Crippen MR) is 158 cm³/mol. The number of carbonyl (C=O) groups is 2. The van der Waals surface area contributed by atoms with E-state index >= 15 is 0 Å². The lowest BCUT2D eigenvalue weighted by Crippen LogP contribution is -2.55. The van der Waals surface area contributed by atoms with Crippen LogP contribution < -0.4 is 10.6 Å². The normalized spacial score (nSPS) is 27.8. The number of nitrogens with zero attached hydrogens (tertiary/aromatic N) is 1. The molecule has 0 unspecified atom stereocenters. The molecular formula is C34H40N4O2. The monoisotopic (exact) mass is 536 g/mol. The fourth-order valence-corrected chi connectivity index (χ4v) is 8.31. The van der Waals surface area contributed by atoms with Crippen LogP contribution in [0.15, 0.2) is 54.7 Å². The summed E-state index contributed by atoms with van der Waals surface area (Å²) in [5.41, 5.74) is 4.42. The van der Waals surface area contributed by atoms with Gasteiger partial charge in [-0.2, -0.15) is 0 Å². The van der Waals surface area contributed by atoms with E-state index in [1.54, 1.807) is 0 Å². The number of carbonyl (C=O) groups excluding carboxylic acids is 2. The van der Waals surface area contributed by atoms with Crippen LogP contribution in [0.25, 0.3) is 22.6 Å². The summed E-state index contributed by atoms with van der Waals surface area (Å²) in [4.78, 5) is 33.8. The van der Waals surface area contributed by atoms with E-state index in [4.69, 9.17) is 0 Å². The lowest BCUT2D eigenvalue weighted by atomic mass is 9.54. The summed E-state index contributed by atoms with van der Waals surface area (Å²) >= 11 is 0. The molecule has 5 aliphatic rings. The van der Waals surface area contributed by atoms with Gasteiger partial charge in [0.05, 0.1) is 11.9 Å². The molecule has 0 aliphatic heterocycles. The first-order valence-electron chi connectivity index (χ1n) is 15.5. The van der Waals surface area contributed by atoms with Gasteiger partial charge in [0.2, 0.25) is 5.91 Å². The number of aromatic amines is 1. The number of anilines is 1. The molecule has 0 saturated heterocycles. The Morgan fingerprint density at radius 1 is 0.750 bits per heavy atom. The molecule has 0 spiro atoms. The Kier molecular flexibility index (Phi) is 6.94. The number of amides is 2. The average Bonchev–Trinajstić information content (AvgIpc) is 3.30. The molecule has 0 radical (unpaired) electrons. The highest BCUT2D eigenvalue weighted by Gasteiger charge is 2.48. The molecule has 6 nitrogen and oxygen atoms in total. The van der Waals surface area contributed by atoms with Gasteiger partial charge in [0.1, 0.15) is 5.82 Å². The number of nitrogens with one attached hydrogen (secondary N) is 3. The standard InChI is InChI=1S/C34H40N4O2/c39-33(25-5-3-1-2-4-6-25)36-29-13-11-24(12-14-29)32-35-20-30(37-32)23-7-9-26(10-8-23)34(40)38-31-27-16-21-15-22(18-27)19-28(31)17-21/h7-14,20-22,25,27-28,31H,1-6,15-19H2,(H,35,37)(H,36,39)(H,38,40). The van der Waals surface area contributed by atoms with Gasteiger partial charge in [-0.15, -0.1) is 0 Å². The predicted octanol–water partition coefficient (Wildman–Crippen LogP) is 7.21. The lowest BCUT2D eigenvalue weighted by molar-refractivity contribution is -0.120. The van der Waals surface area contributed by atoms with Crippen molar-refractivity contribution >= 4 is 17.5 Å². The van der Waals surface area contributed by atoms with E-state index in [1.165, 1.54) is 44.9 Å². The summed E-state index contributed by atoms with van der Waals surface area (Å²) in [6.45, 7) is 0. The maximum atomic E-state index is 13.1. The number of hydrogen-bond donors (Lipinski definition) is 3. The molecule has 40 heavy (non-hydrogen) atoms. The Labute approximate surface area is 236 Å².